The van der Waals surface area contributed by atoms with Gasteiger partial charge in [0, 0.05) is 24.8 Å². The van der Waals surface area contributed by atoms with Crippen molar-refractivity contribution in [2.75, 3.05) is 18.0 Å². The zero-order chi connectivity index (χ0) is 12.4. The lowest BCUT2D eigenvalue weighted by Gasteiger charge is -2.22. The lowest BCUT2D eigenvalue weighted by Crippen LogP contribution is -2.23. The van der Waals surface area contributed by atoms with Crippen LogP contribution in [-0.4, -0.2) is 23.2 Å². The number of anilines is 1. The molecule has 1 aromatic rings. The van der Waals surface area contributed by atoms with Crippen LogP contribution in [0.1, 0.15) is 38.9 Å². The van der Waals surface area contributed by atoms with Crippen molar-refractivity contribution in [1.82, 2.24) is 4.98 Å². The average Bonchev–Trinajstić information content (AvgIpc) is 2.78. The number of aromatic nitrogens is 1. The van der Waals surface area contributed by atoms with Crippen LogP contribution in [0.3, 0.4) is 0 Å². The Hall–Kier alpha value is -1.09. The second-order valence-corrected chi connectivity index (χ2v) is 5.33. The van der Waals surface area contributed by atoms with Gasteiger partial charge in [-0.15, -0.1) is 0 Å². The van der Waals surface area contributed by atoms with Crippen molar-refractivity contribution in [3.05, 3.63) is 23.9 Å². The third kappa shape index (κ3) is 2.60. The Morgan fingerprint density at radius 1 is 1.41 bits per heavy atom. The first-order valence-electron chi connectivity index (χ1n) is 6.47. The number of aliphatic hydroxyl groups is 1. The van der Waals surface area contributed by atoms with Crippen molar-refractivity contribution in [2.24, 2.45) is 11.8 Å². The smallest absolute Gasteiger partial charge is 0.134 e. The van der Waals surface area contributed by atoms with E-state index in [2.05, 4.69) is 23.7 Å². The highest BCUT2D eigenvalue weighted by Gasteiger charge is 2.27. The third-order valence-corrected chi connectivity index (χ3v) is 3.73. The second kappa shape index (κ2) is 5.05. The van der Waals surface area contributed by atoms with Crippen molar-refractivity contribution in [3.63, 3.8) is 0 Å². The van der Waals surface area contributed by atoms with Crippen LogP contribution in [0.25, 0.3) is 0 Å². The molecule has 3 heteroatoms. The maximum atomic E-state index is 9.77. The standard InChI is InChI=1S/C14H22N2O/c1-10(2)12-6-8-16(9-12)14-13(11(3)17)5-4-7-15-14/h4-5,7,10-12,17H,6,8-9H2,1-3H3/t11-,12?/m0/s1. The summed E-state index contributed by atoms with van der Waals surface area (Å²) in [5.41, 5.74) is 0.942. The highest BCUT2D eigenvalue weighted by atomic mass is 16.3. The Labute approximate surface area is 103 Å². The molecule has 2 rings (SSSR count). The maximum Gasteiger partial charge on any atom is 0.134 e. The van der Waals surface area contributed by atoms with Crippen LogP contribution in [0.2, 0.25) is 0 Å². The molecule has 1 aromatic heterocycles. The van der Waals surface area contributed by atoms with Crippen LogP contribution in [0, 0.1) is 11.8 Å². The largest absolute Gasteiger partial charge is 0.389 e. The maximum absolute atomic E-state index is 9.77. The molecule has 17 heavy (non-hydrogen) atoms. The summed E-state index contributed by atoms with van der Waals surface area (Å²) in [6.45, 7) is 8.48. The highest BCUT2D eigenvalue weighted by molar-refractivity contribution is 5.48. The van der Waals surface area contributed by atoms with Crippen LogP contribution >= 0.6 is 0 Å². The van der Waals surface area contributed by atoms with Gasteiger partial charge >= 0.3 is 0 Å². The Bertz CT molecular complexity index is 376. The van der Waals surface area contributed by atoms with E-state index in [1.807, 2.05) is 18.3 Å². The van der Waals surface area contributed by atoms with E-state index in [-0.39, 0.29) is 0 Å². The normalized spacial score (nSPS) is 22.2. The molecular formula is C14H22N2O. The molecule has 3 nitrogen and oxygen atoms in total. The van der Waals surface area contributed by atoms with E-state index in [0.29, 0.717) is 0 Å². The average molecular weight is 234 g/mol. The first kappa shape index (κ1) is 12.4. The Balaban J connectivity index is 2.18. The first-order valence-corrected chi connectivity index (χ1v) is 6.47. The SMILES string of the molecule is CC(C)C1CCN(c2ncccc2[C@H](C)O)C1. The minimum atomic E-state index is -0.447. The van der Waals surface area contributed by atoms with Gasteiger partial charge in [0.05, 0.1) is 6.10 Å². The zero-order valence-electron chi connectivity index (χ0n) is 10.9. The number of hydrogen-bond acceptors (Lipinski definition) is 3. The molecule has 0 radical (unpaired) electrons. The number of aliphatic hydroxyl groups excluding tert-OH is 1. The minimum absolute atomic E-state index is 0.447. The molecule has 0 amide bonds. The van der Waals surface area contributed by atoms with Gasteiger partial charge in [0.25, 0.3) is 0 Å². The summed E-state index contributed by atoms with van der Waals surface area (Å²) >= 11 is 0. The molecule has 2 atom stereocenters. The summed E-state index contributed by atoms with van der Waals surface area (Å²) < 4.78 is 0. The van der Waals surface area contributed by atoms with E-state index in [1.165, 1.54) is 6.42 Å². The molecule has 0 spiro atoms. The van der Waals surface area contributed by atoms with Crippen molar-refractivity contribution in [3.8, 4) is 0 Å². The quantitative estimate of drug-likeness (QED) is 0.873. The molecule has 1 aliphatic rings. The summed E-state index contributed by atoms with van der Waals surface area (Å²) in [4.78, 5) is 6.75. The second-order valence-electron chi connectivity index (χ2n) is 5.33. The Morgan fingerprint density at radius 2 is 2.18 bits per heavy atom. The van der Waals surface area contributed by atoms with Crippen LogP contribution in [0.5, 0.6) is 0 Å². The Kier molecular flexibility index (Phi) is 3.67. The zero-order valence-corrected chi connectivity index (χ0v) is 10.9. The number of nitrogens with zero attached hydrogens (tertiary/aromatic N) is 2. The highest BCUT2D eigenvalue weighted by Crippen LogP contribution is 2.31. The van der Waals surface area contributed by atoms with E-state index in [1.54, 1.807) is 6.92 Å². The molecule has 1 saturated heterocycles. The van der Waals surface area contributed by atoms with E-state index in [9.17, 15) is 5.11 Å². The van der Waals surface area contributed by atoms with Crippen LogP contribution < -0.4 is 4.90 Å². The van der Waals surface area contributed by atoms with Crippen LogP contribution in [-0.2, 0) is 0 Å². The number of rotatable bonds is 3. The van der Waals surface area contributed by atoms with Crippen molar-refractivity contribution in [1.29, 1.82) is 0 Å². The fraction of sp³-hybridized carbons (Fsp3) is 0.643. The molecule has 2 heterocycles. The monoisotopic (exact) mass is 234 g/mol. The van der Waals surface area contributed by atoms with Gasteiger partial charge in [0.15, 0.2) is 0 Å². The van der Waals surface area contributed by atoms with Crippen molar-refractivity contribution in [2.45, 2.75) is 33.3 Å². The van der Waals surface area contributed by atoms with Gasteiger partial charge in [0.2, 0.25) is 0 Å². The van der Waals surface area contributed by atoms with Gasteiger partial charge in [0.1, 0.15) is 5.82 Å². The van der Waals surface area contributed by atoms with Crippen molar-refractivity contribution < 1.29 is 5.11 Å². The number of pyridine rings is 1. The van der Waals surface area contributed by atoms with Gasteiger partial charge in [-0.25, -0.2) is 4.98 Å². The van der Waals surface area contributed by atoms with Crippen molar-refractivity contribution >= 4 is 5.82 Å². The van der Waals surface area contributed by atoms with Gasteiger partial charge < -0.3 is 10.0 Å². The van der Waals surface area contributed by atoms with Gasteiger partial charge in [-0.1, -0.05) is 19.9 Å². The van der Waals surface area contributed by atoms with Gasteiger partial charge in [-0.3, -0.25) is 0 Å². The van der Waals surface area contributed by atoms with E-state index < -0.39 is 6.10 Å². The van der Waals surface area contributed by atoms with E-state index >= 15 is 0 Å². The predicted octanol–water partition coefficient (Wildman–Crippen LogP) is 2.62. The molecule has 1 N–H and O–H groups in total. The lowest BCUT2D eigenvalue weighted by molar-refractivity contribution is 0.199. The summed E-state index contributed by atoms with van der Waals surface area (Å²) in [5, 5.41) is 9.77. The summed E-state index contributed by atoms with van der Waals surface area (Å²) in [7, 11) is 0. The molecule has 1 unspecified atom stereocenters. The van der Waals surface area contributed by atoms with Gasteiger partial charge in [-0.05, 0) is 31.2 Å². The minimum Gasteiger partial charge on any atom is -0.389 e. The molecule has 0 saturated carbocycles. The Morgan fingerprint density at radius 3 is 2.76 bits per heavy atom. The predicted molar refractivity (Wildman–Crippen MR) is 70.0 cm³/mol. The molecule has 0 bridgehead atoms. The summed E-state index contributed by atoms with van der Waals surface area (Å²) in [5.74, 6) is 2.43. The topological polar surface area (TPSA) is 36.4 Å². The van der Waals surface area contributed by atoms with E-state index in [4.69, 9.17) is 0 Å². The molecule has 94 valence electrons. The fourth-order valence-corrected chi connectivity index (χ4v) is 2.52. The third-order valence-electron chi connectivity index (χ3n) is 3.73. The molecular weight excluding hydrogens is 212 g/mol. The van der Waals surface area contributed by atoms with Crippen LogP contribution in [0.4, 0.5) is 5.82 Å². The first-order chi connectivity index (χ1) is 8.09. The molecule has 0 aliphatic carbocycles. The van der Waals surface area contributed by atoms with Gasteiger partial charge in [-0.2, -0.15) is 0 Å². The van der Waals surface area contributed by atoms with E-state index in [0.717, 1.165) is 36.3 Å². The lowest BCUT2D eigenvalue weighted by atomic mass is 9.95. The summed E-state index contributed by atoms with van der Waals surface area (Å²) in [6, 6.07) is 3.86. The summed E-state index contributed by atoms with van der Waals surface area (Å²) in [6.07, 6.45) is 2.59. The molecule has 1 aliphatic heterocycles. The van der Waals surface area contributed by atoms with Crippen LogP contribution in [0.15, 0.2) is 18.3 Å². The molecule has 1 fully saturated rings. The molecule has 0 aromatic carbocycles. The fourth-order valence-electron chi connectivity index (χ4n) is 2.52. The number of hydrogen-bond donors (Lipinski definition) is 1.